The van der Waals surface area contributed by atoms with Crippen molar-refractivity contribution in [3.05, 3.63) is 29.1 Å². The summed E-state index contributed by atoms with van der Waals surface area (Å²) in [6.45, 7) is 4.43. The van der Waals surface area contributed by atoms with Crippen LogP contribution in [-0.4, -0.2) is 78.2 Å². The molecule has 3 fully saturated rings. The number of halogens is 2. The minimum atomic E-state index is -1.06. The number of likely N-dealkylation sites (tertiary alicyclic amines) is 1. The normalized spacial score (nSPS) is 24.5. The van der Waals surface area contributed by atoms with Crippen molar-refractivity contribution in [3.63, 3.8) is 0 Å². The summed E-state index contributed by atoms with van der Waals surface area (Å²) >= 11 is 0. The van der Waals surface area contributed by atoms with Gasteiger partial charge in [-0.05, 0) is 63.2 Å². The molecule has 0 aliphatic carbocycles. The molecule has 35 heavy (non-hydrogen) atoms. The van der Waals surface area contributed by atoms with Crippen LogP contribution in [0.1, 0.15) is 59.2 Å². The molecule has 0 radical (unpaired) electrons. The molecular formula is C24H31ClFN5O4. The molecule has 4 aliphatic heterocycles. The van der Waals surface area contributed by atoms with Crippen molar-refractivity contribution in [2.75, 3.05) is 37.6 Å². The van der Waals surface area contributed by atoms with Crippen molar-refractivity contribution in [2.24, 2.45) is 11.7 Å². The topological polar surface area (TPSA) is 116 Å². The van der Waals surface area contributed by atoms with Crippen molar-refractivity contribution in [1.29, 1.82) is 0 Å². The first-order chi connectivity index (χ1) is 16.3. The highest BCUT2D eigenvalue weighted by atomic mass is 35.5. The molecule has 0 spiro atoms. The number of hydrogen-bond donors (Lipinski definition) is 2. The number of carbonyl (C=O) groups excluding carboxylic acids is 4. The van der Waals surface area contributed by atoms with Gasteiger partial charge in [-0.25, -0.2) is 4.39 Å². The third-order valence-corrected chi connectivity index (χ3v) is 7.61. The number of benzene rings is 1. The molecular weight excluding hydrogens is 477 g/mol. The SMILES string of the molecule is Cl.NC1CCN(CC2CCN(c3cc4c(cc3F)C(=O)N(C3CCC(=O)NC3=O)C4=O)CC2)CC1. The fourth-order valence-corrected chi connectivity index (χ4v) is 5.58. The van der Waals surface area contributed by atoms with E-state index in [1.165, 1.54) is 6.07 Å². The largest absolute Gasteiger partial charge is 0.369 e. The molecule has 3 saturated heterocycles. The Labute approximate surface area is 209 Å². The molecule has 0 saturated carbocycles. The zero-order valence-corrected chi connectivity index (χ0v) is 20.3. The molecule has 1 unspecified atom stereocenters. The molecule has 11 heteroatoms. The molecule has 5 rings (SSSR count). The van der Waals surface area contributed by atoms with E-state index in [1.54, 1.807) is 0 Å². The van der Waals surface area contributed by atoms with Gasteiger partial charge in [0.2, 0.25) is 11.8 Å². The number of rotatable bonds is 4. The monoisotopic (exact) mass is 507 g/mol. The fraction of sp³-hybridized carbons (Fsp3) is 0.583. The van der Waals surface area contributed by atoms with Gasteiger partial charge < -0.3 is 15.5 Å². The van der Waals surface area contributed by atoms with Crippen LogP contribution in [-0.2, 0) is 9.59 Å². The van der Waals surface area contributed by atoms with Crippen LogP contribution in [0.3, 0.4) is 0 Å². The van der Waals surface area contributed by atoms with Gasteiger partial charge in [0.15, 0.2) is 0 Å². The number of hydrogen-bond acceptors (Lipinski definition) is 7. The van der Waals surface area contributed by atoms with Crippen LogP contribution in [0, 0.1) is 11.7 Å². The second-order valence-electron chi connectivity index (χ2n) is 9.86. The van der Waals surface area contributed by atoms with Crippen molar-refractivity contribution >= 4 is 41.7 Å². The van der Waals surface area contributed by atoms with Gasteiger partial charge in [-0.1, -0.05) is 0 Å². The molecule has 1 aromatic carbocycles. The summed E-state index contributed by atoms with van der Waals surface area (Å²) < 4.78 is 15.1. The van der Waals surface area contributed by atoms with Gasteiger partial charge in [-0.3, -0.25) is 29.4 Å². The van der Waals surface area contributed by atoms with Crippen LogP contribution >= 0.6 is 12.4 Å². The zero-order valence-electron chi connectivity index (χ0n) is 19.5. The smallest absolute Gasteiger partial charge is 0.262 e. The van der Waals surface area contributed by atoms with Crippen LogP contribution in [0.25, 0.3) is 0 Å². The summed E-state index contributed by atoms with van der Waals surface area (Å²) in [5, 5.41) is 2.17. The Morgan fingerprint density at radius 3 is 2.17 bits per heavy atom. The number of anilines is 1. The van der Waals surface area contributed by atoms with E-state index >= 15 is 4.39 Å². The minimum Gasteiger partial charge on any atom is -0.369 e. The third kappa shape index (κ3) is 4.92. The van der Waals surface area contributed by atoms with Gasteiger partial charge in [0.25, 0.3) is 11.8 Å². The lowest BCUT2D eigenvalue weighted by molar-refractivity contribution is -0.136. The van der Waals surface area contributed by atoms with Crippen LogP contribution < -0.4 is 16.0 Å². The van der Waals surface area contributed by atoms with E-state index in [0.717, 1.165) is 56.3 Å². The zero-order chi connectivity index (χ0) is 24.0. The van der Waals surface area contributed by atoms with Gasteiger partial charge in [0.05, 0.1) is 16.8 Å². The molecule has 4 aliphatic rings. The highest BCUT2D eigenvalue weighted by Crippen LogP contribution is 2.34. The molecule has 190 valence electrons. The minimum absolute atomic E-state index is 0. The average molecular weight is 508 g/mol. The van der Waals surface area contributed by atoms with E-state index in [0.29, 0.717) is 30.7 Å². The summed E-state index contributed by atoms with van der Waals surface area (Å²) in [6, 6.07) is 1.81. The van der Waals surface area contributed by atoms with Gasteiger partial charge in [0.1, 0.15) is 11.9 Å². The Bertz CT molecular complexity index is 1040. The first-order valence-electron chi connectivity index (χ1n) is 12.1. The third-order valence-electron chi connectivity index (χ3n) is 7.61. The average Bonchev–Trinajstić information content (AvgIpc) is 3.05. The molecule has 1 aromatic rings. The number of carbonyl (C=O) groups is 4. The van der Waals surface area contributed by atoms with E-state index in [2.05, 4.69) is 10.2 Å². The lowest BCUT2D eigenvalue weighted by Gasteiger charge is -2.38. The summed E-state index contributed by atoms with van der Waals surface area (Å²) in [5.74, 6) is -2.43. The van der Waals surface area contributed by atoms with Crippen molar-refractivity contribution < 1.29 is 23.6 Å². The van der Waals surface area contributed by atoms with Crippen molar-refractivity contribution in [1.82, 2.24) is 15.1 Å². The van der Waals surface area contributed by atoms with Crippen LogP contribution in [0.2, 0.25) is 0 Å². The number of amides is 4. The standard InChI is InChI=1S/C24H30FN5O4.ClH/c25-18-11-16-17(24(34)30(23(16)33)19-1-2-21(31)27-22(19)32)12-20(18)29-9-3-14(4-10-29)13-28-7-5-15(26)6-8-28;/h11-12,14-15,19H,1-10,13,26H2,(H,27,31,32);1H. The summed E-state index contributed by atoms with van der Waals surface area (Å²) in [6.07, 6.45) is 4.02. The highest BCUT2D eigenvalue weighted by Gasteiger charge is 2.45. The summed E-state index contributed by atoms with van der Waals surface area (Å²) in [4.78, 5) is 54.9. The molecule has 1 atom stereocenters. The van der Waals surface area contributed by atoms with Gasteiger partial charge in [0, 0.05) is 32.1 Å². The second-order valence-corrected chi connectivity index (χ2v) is 9.86. The number of imide groups is 2. The second kappa shape index (κ2) is 10.2. The van der Waals surface area contributed by atoms with E-state index in [9.17, 15) is 19.2 Å². The Kier molecular flexibility index (Phi) is 7.44. The maximum Gasteiger partial charge on any atom is 0.262 e. The lowest BCUT2D eigenvalue weighted by atomic mass is 9.94. The van der Waals surface area contributed by atoms with E-state index in [4.69, 9.17) is 5.73 Å². The van der Waals surface area contributed by atoms with Gasteiger partial charge >= 0.3 is 0 Å². The van der Waals surface area contributed by atoms with Crippen LogP contribution in [0.15, 0.2) is 12.1 Å². The van der Waals surface area contributed by atoms with E-state index in [-0.39, 0.29) is 36.4 Å². The Hall–Kier alpha value is -2.56. The number of nitrogens with two attached hydrogens (primary N) is 1. The quantitative estimate of drug-likeness (QED) is 0.590. The molecule has 9 nitrogen and oxygen atoms in total. The highest BCUT2D eigenvalue weighted by molar-refractivity contribution is 6.23. The Morgan fingerprint density at radius 1 is 0.914 bits per heavy atom. The maximum atomic E-state index is 15.1. The number of piperidine rings is 3. The molecule has 0 bridgehead atoms. The molecule has 3 N–H and O–H groups in total. The summed E-state index contributed by atoms with van der Waals surface area (Å²) in [7, 11) is 0. The summed E-state index contributed by atoms with van der Waals surface area (Å²) in [5.41, 5.74) is 6.39. The maximum absolute atomic E-state index is 15.1. The molecule has 0 aromatic heterocycles. The van der Waals surface area contributed by atoms with Crippen LogP contribution in [0.4, 0.5) is 10.1 Å². The number of nitrogens with one attached hydrogen (secondary N) is 1. The number of nitrogens with zero attached hydrogens (tertiary/aromatic N) is 3. The predicted octanol–water partition coefficient (Wildman–Crippen LogP) is 1.29. The van der Waals surface area contributed by atoms with E-state index in [1.807, 2.05) is 4.90 Å². The first kappa shape index (κ1) is 25.5. The number of fused-ring (bicyclic) bond motifs is 1. The van der Waals surface area contributed by atoms with Crippen molar-refractivity contribution in [2.45, 2.75) is 50.6 Å². The van der Waals surface area contributed by atoms with Crippen molar-refractivity contribution in [3.8, 4) is 0 Å². The fourth-order valence-electron chi connectivity index (χ4n) is 5.58. The molecule has 4 heterocycles. The first-order valence-corrected chi connectivity index (χ1v) is 12.1. The Morgan fingerprint density at radius 2 is 1.54 bits per heavy atom. The lowest BCUT2D eigenvalue weighted by Crippen LogP contribution is -2.54. The van der Waals surface area contributed by atoms with E-state index < -0.39 is 35.5 Å². The van der Waals surface area contributed by atoms with Gasteiger partial charge in [-0.15, -0.1) is 12.4 Å². The molecule has 4 amide bonds. The predicted molar refractivity (Wildman–Crippen MR) is 129 cm³/mol. The van der Waals surface area contributed by atoms with Crippen LogP contribution in [0.5, 0.6) is 0 Å². The van der Waals surface area contributed by atoms with Gasteiger partial charge in [-0.2, -0.15) is 0 Å². The Balaban J connectivity index is 0.00000289.